The maximum atomic E-state index is 13.2. The molecule has 2 rings (SSSR count). The Kier molecular flexibility index (Phi) is 7.84. The standard InChI is InChI=1S/C19H29FN4O2/c1-21-18(23-14-19(10-11-26-2)8-3-4-9-19)22-13-17(25)24-16-7-5-6-15(20)12-16/h5-7,12H,3-4,8-11,13-14H2,1-2H3,(H,24,25)(H2,21,22,23). The smallest absolute Gasteiger partial charge is 0.243 e. The number of carbonyl (C=O) groups is 1. The highest BCUT2D eigenvalue weighted by Crippen LogP contribution is 2.40. The lowest BCUT2D eigenvalue weighted by Crippen LogP contribution is -2.45. The Balaban J connectivity index is 1.78. The van der Waals surface area contributed by atoms with Crippen LogP contribution >= 0.6 is 0 Å². The predicted octanol–water partition coefficient (Wildman–Crippen LogP) is 2.53. The molecule has 7 heteroatoms. The van der Waals surface area contributed by atoms with Gasteiger partial charge in [0.05, 0.1) is 6.54 Å². The number of anilines is 1. The lowest BCUT2D eigenvalue weighted by atomic mass is 9.83. The molecule has 1 aromatic carbocycles. The van der Waals surface area contributed by atoms with E-state index in [-0.39, 0.29) is 23.7 Å². The third kappa shape index (κ3) is 6.29. The minimum atomic E-state index is -0.383. The lowest BCUT2D eigenvalue weighted by Gasteiger charge is -2.29. The van der Waals surface area contributed by atoms with Gasteiger partial charge in [0.2, 0.25) is 5.91 Å². The number of benzene rings is 1. The first kappa shape index (κ1) is 20.2. The molecule has 1 amide bonds. The van der Waals surface area contributed by atoms with Crippen molar-refractivity contribution >= 4 is 17.6 Å². The molecule has 1 fully saturated rings. The zero-order valence-corrected chi connectivity index (χ0v) is 15.6. The first-order valence-electron chi connectivity index (χ1n) is 9.06. The molecule has 0 bridgehead atoms. The predicted molar refractivity (Wildman–Crippen MR) is 102 cm³/mol. The molecule has 0 unspecified atom stereocenters. The zero-order valence-electron chi connectivity index (χ0n) is 15.6. The molecule has 1 aromatic rings. The number of halogens is 1. The Labute approximate surface area is 154 Å². The molecule has 1 saturated carbocycles. The van der Waals surface area contributed by atoms with Crippen molar-refractivity contribution in [2.24, 2.45) is 10.4 Å². The van der Waals surface area contributed by atoms with Gasteiger partial charge in [-0.15, -0.1) is 0 Å². The summed E-state index contributed by atoms with van der Waals surface area (Å²) < 4.78 is 18.4. The maximum Gasteiger partial charge on any atom is 0.243 e. The Bertz CT molecular complexity index is 615. The minimum Gasteiger partial charge on any atom is -0.385 e. The van der Waals surface area contributed by atoms with Gasteiger partial charge in [0.15, 0.2) is 5.96 Å². The van der Waals surface area contributed by atoms with E-state index >= 15 is 0 Å². The number of ether oxygens (including phenoxy) is 1. The van der Waals surface area contributed by atoms with Crippen molar-refractivity contribution < 1.29 is 13.9 Å². The van der Waals surface area contributed by atoms with Crippen LogP contribution < -0.4 is 16.0 Å². The molecule has 144 valence electrons. The highest BCUT2D eigenvalue weighted by molar-refractivity contribution is 5.94. The Morgan fingerprint density at radius 3 is 2.73 bits per heavy atom. The number of rotatable bonds is 8. The highest BCUT2D eigenvalue weighted by atomic mass is 19.1. The summed E-state index contributed by atoms with van der Waals surface area (Å²) in [6, 6.07) is 5.82. The average molecular weight is 364 g/mol. The topological polar surface area (TPSA) is 74.8 Å². The van der Waals surface area contributed by atoms with E-state index in [9.17, 15) is 9.18 Å². The second-order valence-electron chi connectivity index (χ2n) is 6.79. The van der Waals surface area contributed by atoms with Gasteiger partial charge in [-0.05, 0) is 42.9 Å². The number of amides is 1. The fourth-order valence-electron chi connectivity index (χ4n) is 3.39. The van der Waals surface area contributed by atoms with Crippen LogP contribution in [0, 0.1) is 11.2 Å². The van der Waals surface area contributed by atoms with Gasteiger partial charge in [0, 0.05) is 33.0 Å². The number of methoxy groups -OCH3 is 1. The largest absolute Gasteiger partial charge is 0.385 e. The van der Waals surface area contributed by atoms with E-state index in [0.717, 1.165) is 19.6 Å². The number of carbonyl (C=O) groups excluding carboxylic acids is 1. The van der Waals surface area contributed by atoms with E-state index in [4.69, 9.17) is 4.74 Å². The SMILES string of the molecule is CN=C(NCC(=O)Nc1cccc(F)c1)NCC1(CCOC)CCCC1. The van der Waals surface area contributed by atoms with Gasteiger partial charge < -0.3 is 20.7 Å². The van der Waals surface area contributed by atoms with Gasteiger partial charge in [-0.1, -0.05) is 18.9 Å². The fraction of sp³-hybridized carbons (Fsp3) is 0.579. The quantitative estimate of drug-likeness (QED) is 0.489. The van der Waals surface area contributed by atoms with E-state index in [0.29, 0.717) is 11.6 Å². The highest BCUT2D eigenvalue weighted by Gasteiger charge is 2.33. The number of aliphatic imine (C=N–C) groups is 1. The van der Waals surface area contributed by atoms with Crippen LogP contribution in [0.15, 0.2) is 29.3 Å². The van der Waals surface area contributed by atoms with E-state index in [1.165, 1.54) is 37.8 Å². The molecule has 0 atom stereocenters. The van der Waals surface area contributed by atoms with Crippen molar-refractivity contribution in [3.8, 4) is 0 Å². The first-order valence-corrected chi connectivity index (χ1v) is 9.06. The fourth-order valence-corrected chi connectivity index (χ4v) is 3.39. The summed E-state index contributed by atoms with van der Waals surface area (Å²) in [5.74, 6) is -0.0530. The third-order valence-electron chi connectivity index (χ3n) is 4.88. The van der Waals surface area contributed by atoms with Crippen LogP contribution in [0.4, 0.5) is 10.1 Å². The number of hydrogen-bond donors (Lipinski definition) is 3. The van der Waals surface area contributed by atoms with Crippen molar-refractivity contribution in [1.29, 1.82) is 0 Å². The Morgan fingerprint density at radius 2 is 2.08 bits per heavy atom. The normalized spacial score (nSPS) is 16.3. The molecule has 6 nitrogen and oxygen atoms in total. The minimum absolute atomic E-state index is 0.0568. The molecule has 3 N–H and O–H groups in total. The van der Waals surface area contributed by atoms with Crippen LogP contribution in [0.25, 0.3) is 0 Å². The van der Waals surface area contributed by atoms with Crippen molar-refractivity contribution in [3.05, 3.63) is 30.1 Å². The summed E-state index contributed by atoms with van der Waals surface area (Å²) in [6.45, 7) is 1.62. The van der Waals surface area contributed by atoms with Crippen molar-refractivity contribution in [2.75, 3.05) is 39.2 Å². The van der Waals surface area contributed by atoms with E-state index in [1.54, 1.807) is 26.3 Å². The molecule has 0 heterocycles. The van der Waals surface area contributed by atoms with Gasteiger partial charge in [-0.3, -0.25) is 9.79 Å². The molecular weight excluding hydrogens is 335 g/mol. The number of nitrogens with one attached hydrogen (secondary N) is 3. The van der Waals surface area contributed by atoms with Gasteiger partial charge in [0.1, 0.15) is 5.82 Å². The lowest BCUT2D eigenvalue weighted by molar-refractivity contribution is -0.115. The summed E-state index contributed by atoms with van der Waals surface area (Å²) in [6.07, 6.45) is 5.87. The van der Waals surface area contributed by atoms with Gasteiger partial charge in [-0.2, -0.15) is 0 Å². The molecule has 0 saturated heterocycles. The van der Waals surface area contributed by atoms with Crippen LogP contribution in [-0.4, -0.2) is 45.7 Å². The maximum absolute atomic E-state index is 13.2. The summed E-state index contributed by atoms with van der Waals surface area (Å²) in [4.78, 5) is 16.2. The van der Waals surface area contributed by atoms with Crippen molar-refractivity contribution in [1.82, 2.24) is 10.6 Å². The van der Waals surface area contributed by atoms with Crippen molar-refractivity contribution in [2.45, 2.75) is 32.1 Å². The number of nitrogens with zero attached hydrogens (tertiary/aromatic N) is 1. The molecule has 1 aliphatic carbocycles. The van der Waals surface area contributed by atoms with E-state index < -0.39 is 0 Å². The number of guanidine groups is 1. The van der Waals surface area contributed by atoms with Crippen LogP contribution in [0.3, 0.4) is 0 Å². The summed E-state index contributed by atoms with van der Waals surface area (Å²) in [5, 5.41) is 8.99. The van der Waals surface area contributed by atoms with Crippen LogP contribution in [0.1, 0.15) is 32.1 Å². The van der Waals surface area contributed by atoms with E-state index in [2.05, 4.69) is 20.9 Å². The summed E-state index contributed by atoms with van der Waals surface area (Å²) in [7, 11) is 3.41. The third-order valence-corrected chi connectivity index (χ3v) is 4.88. The van der Waals surface area contributed by atoms with Gasteiger partial charge in [-0.25, -0.2) is 4.39 Å². The van der Waals surface area contributed by atoms with Gasteiger partial charge in [0.25, 0.3) is 0 Å². The summed E-state index contributed by atoms with van der Waals surface area (Å²) in [5.41, 5.74) is 0.668. The van der Waals surface area contributed by atoms with Crippen LogP contribution in [0.2, 0.25) is 0 Å². The average Bonchev–Trinajstić information content (AvgIpc) is 3.09. The monoisotopic (exact) mass is 364 g/mol. The van der Waals surface area contributed by atoms with Gasteiger partial charge >= 0.3 is 0 Å². The summed E-state index contributed by atoms with van der Waals surface area (Å²) >= 11 is 0. The Hall–Kier alpha value is -2.15. The second kappa shape index (κ2) is 10.1. The van der Waals surface area contributed by atoms with Crippen molar-refractivity contribution in [3.63, 3.8) is 0 Å². The molecule has 1 aliphatic rings. The molecule has 0 aliphatic heterocycles. The molecule has 0 spiro atoms. The van der Waals surface area contributed by atoms with E-state index in [1.807, 2.05) is 0 Å². The molecule has 0 aromatic heterocycles. The number of hydrogen-bond acceptors (Lipinski definition) is 3. The first-order chi connectivity index (χ1) is 12.6. The van der Waals surface area contributed by atoms with Crippen LogP contribution in [-0.2, 0) is 9.53 Å². The molecule has 26 heavy (non-hydrogen) atoms. The second-order valence-corrected chi connectivity index (χ2v) is 6.79. The molecule has 0 radical (unpaired) electrons. The zero-order chi connectivity index (χ0) is 18.8. The Morgan fingerprint density at radius 1 is 1.31 bits per heavy atom. The van der Waals surface area contributed by atoms with Crippen LogP contribution in [0.5, 0.6) is 0 Å². The molecular formula is C19H29FN4O2.